The van der Waals surface area contributed by atoms with Crippen LogP contribution in [0.4, 0.5) is 0 Å². The molecule has 13 rings (SSSR count). The molecule has 0 unspecified atom stereocenters. The Morgan fingerprint density at radius 2 is 0.833 bits per heavy atom. The van der Waals surface area contributed by atoms with E-state index in [1.807, 2.05) is 72.8 Å². The highest BCUT2D eigenvalue weighted by Gasteiger charge is 2.37. The molecule has 0 atom stereocenters. The van der Waals surface area contributed by atoms with Crippen LogP contribution in [0.2, 0.25) is 0 Å². The largest absolute Gasteiger partial charge is 0.456 e. The molecule has 60 heavy (non-hydrogen) atoms. The monoisotopic (exact) mass is 771 g/mol. The molecule has 0 amide bonds. The quantitative estimate of drug-likeness (QED) is 0.177. The molecular weight excluding hydrogens is 739 g/mol. The smallest absolute Gasteiger partial charge is 0.164 e. The Morgan fingerprint density at radius 3 is 1.60 bits per heavy atom. The molecule has 0 radical (unpaired) electrons. The van der Waals surface area contributed by atoms with Gasteiger partial charge < -0.3 is 13.3 Å². The predicted octanol–water partition coefficient (Wildman–Crippen LogP) is 14.5. The molecule has 1 aliphatic rings. The molecule has 0 N–H and O–H groups in total. The third kappa shape index (κ3) is 4.67. The fourth-order valence-corrected chi connectivity index (χ4v) is 9.84. The number of aromatic nitrogens is 3. The lowest BCUT2D eigenvalue weighted by molar-refractivity contribution is 0.662. The molecule has 0 saturated carbocycles. The zero-order valence-electron chi connectivity index (χ0n) is 32.7. The minimum Gasteiger partial charge on any atom is -0.456 e. The van der Waals surface area contributed by atoms with Crippen molar-refractivity contribution in [3.05, 3.63) is 175 Å². The van der Waals surface area contributed by atoms with E-state index in [0.29, 0.717) is 17.5 Å². The van der Waals surface area contributed by atoms with Crippen LogP contribution in [-0.4, -0.2) is 15.0 Å². The number of hydrogen-bond donors (Lipinski definition) is 0. The molecule has 4 heterocycles. The summed E-state index contributed by atoms with van der Waals surface area (Å²) in [7, 11) is 0. The number of rotatable bonds is 4. The summed E-state index contributed by atoms with van der Waals surface area (Å²) in [5.41, 5.74) is 14.9. The Kier molecular flexibility index (Phi) is 6.69. The number of para-hydroxylation sites is 2. The lowest BCUT2D eigenvalue weighted by Gasteiger charge is -2.24. The molecule has 282 valence electrons. The molecule has 6 heteroatoms. The summed E-state index contributed by atoms with van der Waals surface area (Å²) >= 11 is 0. The average molecular weight is 772 g/mol. The maximum atomic E-state index is 6.60. The number of fused-ring (bicyclic) bond motifs is 12. The minimum absolute atomic E-state index is 0.159. The summed E-state index contributed by atoms with van der Waals surface area (Å²) in [6.45, 7) is 4.67. The van der Waals surface area contributed by atoms with E-state index in [9.17, 15) is 0 Å². The van der Waals surface area contributed by atoms with Gasteiger partial charge in [-0.3, -0.25) is 0 Å². The van der Waals surface area contributed by atoms with E-state index in [0.717, 1.165) is 88.1 Å². The highest BCUT2D eigenvalue weighted by atomic mass is 16.3. The van der Waals surface area contributed by atoms with Gasteiger partial charge >= 0.3 is 0 Å². The number of hydrogen-bond acceptors (Lipinski definition) is 6. The predicted molar refractivity (Wildman–Crippen MR) is 241 cm³/mol. The molecule has 4 aromatic heterocycles. The van der Waals surface area contributed by atoms with Crippen LogP contribution >= 0.6 is 0 Å². The maximum Gasteiger partial charge on any atom is 0.164 e. The van der Waals surface area contributed by atoms with E-state index in [-0.39, 0.29) is 5.41 Å². The van der Waals surface area contributed by atoms with E-state index in [4.69, 9.17) is 28.2 Å². The van der Waals surface area contributed by atoms with Crippen LogP contribution in [0.5, 0.6) is 0 Å². The van der Waals surface area contributed by atoms with Gasteiger partial charge in [-0.1, -0.05) is 123 Å². The fraction of sp³-hybridized carbons (Fsp3) is 0.0556. The first-order chi connectivity index (χ1) is 29.5. The molecule has 0 saturated heterocycles. The molecule has 8 aromatic carbocycles. The summed E-state index contributed by atoms with van der Waals surface area (Å²) in [6.07, 6.45) is 0. The van der Waals surface area contributed by atoms with Gasteiger partial charge in [-0.15, -0.1) is 0 Å². The highest BCUT2D eigenvalue weighted by Crippen LogP contribution is 2.52. The number of nitrogens with zero attached hydrogens (tertiary/aromatic N) is 3. The summed E-state index contributed by atoms with van der Waals surface area (Å²) in [5, 5.41) is 5.97. The maximum absolute atomic E-state index is 6.60. The molecule has 6 nitrogen and oxygen atoms in total. The van der Waals surface area contributed by atoms with Gasteiger partial charge in [0.1, 0.15) is 33.5 Å². The zero-order valence-corrected chi connectivity index (χ0v) is 32.7. The van der Waals surface area contributed by atoms with Crippen molar-refractivity contribution in [2.24, 2.45) is 0 Å². The van der Waals surface area contributed by atoms with Crippen molar-refractivity contribution >= 4 is 65.8 Å². The molecule has 12 aromatic rings. The van der Waals surface area contributed by atoms with Crippen molar-refractivity contribution in [2.75, 3.05) is 0 Å². The van der Waals surface area contributed by atoms with E-state index in [1.165, 1.54) is 27.8 Å². The Bertz CT molecular complexity index is 3770. The Morgan fingerprint density at radius 1 is 0.350 bits per heavy atom. The molecule has 0 bridgehead atoms. The van der Waals surface area contributed by atoms with E-state index in [2.05, 4.69) is 105 Å². The summed E-state index contributed by atoms with van der Waals surface area (Å²) in [5.74, 6) is 1.66. The summed E-state index contributed by atoms with van der Waals surface area (Å²) in [4.78, 5) is 15.8. The Hall–Kier alpha value is -7.83. The second-order valence-electron chi connectivity index (χ2n) is 16.3. The van der Waals surface area contributed by atoms with Crippen LogP contribution in [0.25, 0.3) is 122 Å². The van der Waals surface area contributed by atoms with Crippen molar-refractivity contribution in [1.82, 2.24) is 15.0 Å². The summed E-state index contributed by atoms with van der Waals surface area (Å²) in [6, 6.07) is 56.6. The van der Waals surface area contributed by atoms with Crippen LogP contribution in [0.15, 0.2) is 177 Å². The van der Waals surface area contributed by atoms with Crippen molar-refractivity contribution in [2.45, 2.75) is 19.3 Å². The molecular formula is C54H33N3O3. The summed E-state index contributed by atoms with van der Waals surface area (Å²) < 4.78 is 19.1. The fourth-order valence-electron chi connectivity index (χ4n) is 9.84. The Balaban J connectivity index is 1.05. The van der Waals surface area contributed by atoms with E-state index >= 15 is 0 Å². The molecule has 0 fully saturated rings. The SMILES string of the molecule is CC1(C)c2ccccc2-c2cccc(-c3ccc4oc5cccc(-c6nc(-c7ccc8oc9ccccc9c8c7)nc(-c7cccc8oc9ccccc9c78)n6)c5c4c3)c21. The standard InChI is InChI=1S/C54H33N3O3/c1-54(2)41-19-6-3-12-33(41)35-16-9-15-32(50(35)54)30-24-26-45-40(28-30)49-38(18-11-23-47(49)60-45)53-56-51(31-25-27-44-39(29-31)34-13-4-7-20-42(34)58-44)55-52(57-53)37-17-10-22-46-48(37)36-14-5-8-21-43(36)59-46/h3-29H,1-2H3. The zero-order chi connectivity index (χ0) is 39.7. The van der Waals surface area contributed by atoms with Gasteiger partial charge in [-0.25, -0.2) is 15.0 Å². The Labute approximate surface area is 343 Å². The van der Waals surface area contributed by atoms with Gasteiger partial charge in [0.2, 0.25) is 0 Å². The van der Waals surface area contributed by atoms with Crippen LogP contribution in [0, 0.1) is 0 Å². The molecule has 1 aliphatic carbocycles. The van der Waals surface area contributed by atoms with Gasteiger partial charge in [-0.2, -0.15) is 0 Å². The topological polar surface area (TPSA) is 78.1 Å². The average Bonchev–Trinajstić information content (AvgIpc) is 4.04. The highest BCUT2D eigenvalue weighted by molar-refractivity contribution is 6.14. The van der Waals surface area contributed by atoms with E-state index < -0.39 is 0 Å². The third-order valence-electron chi connectivity index (χ3n) is 12.5. The lowest BCUT2D eigenvalue weighted by Crippen LogP contribution is -2.16. The molecule has 0 spiro atoms. The number of benzene rings is 8. The van der Waals surface area contributed by atoms with E-state index in [1.54, 1.807) is 0 Å². The van der Waals surface area contributed by atoms with Crippen LogP contribution < -0.4 is 0 Å². The van der Waals surface area contributed by atoms with Crippen molar-refractivity contribution < 1.29 is 13.3 Å². The van der Waals surface area contributed by atoms with Gasteiger partial charge in [0, 0.05) is 54.4 Å². The van der Waals surface area contributed by atoms with Crippen LogP contribution in [0.3, 0.4) is 0 Å². The van der Waals surface area contributed by atoms with Crippen LogP contribution in [0.1, 0.15) is 25.0 Å². The lowest BCUT2D eigenvalue weighted by atomic mass is 9.79. The first-order valence-corrected chi connectivity index (χ1v) is 20.3. The minimum atomic E-state index is -0.159. The normalized spacial score (nSPS) is 13.3. The third-order valence-corrected chi connectivity index (χ3v) is 12.5. The van der Waals surface area contributed by atoms with Gasteiger partial charge in [-0.05, 0) is 88.0 Å². The van der Waals surface area contributed by atoms with Crippen molar-refractivity contribution in [1.29, 1.82) is 0 Å². The first kappa shape index (κ1) is 33.2. The van der Waals surface area contributed by atoms with Gasteiger partial charge in [0.15, 0.2) is 17.5 Å². The second-order valence-corrected chi connectivity index (χ2v) is 16.3. The van der Waals surface area contributed by atoms with Gasteiger partial charge in [0.05, 0.1) is 0 Å². The van der Waals surface area contributed by atoms with Gasteiger partial charge in [0.25, 0.3) is 0 Å². The van der Waals surface area contributed by atoms with Crippen LogP contribution in [-0.2, 0) is 5.41 Å². The van der Waals surface area contributed by atoms with Crippen molar-refractivity contribution in [3.8, 4) is 56.4 Å². The molecule has 0 aliphatic heterocycles. The number of furan rings is 3. The second kappa shape index (κ2) is 12.1. The van der Waals surface area contributed by atoms with Crippen molar-refractivity contribution in [3.63, 3.8) is 0 Å². The first-order valence-electron chi connectivity index (χ1n) is 20.3.